The summed E-state index contributed by atoms with van der Waals surface area (Å²) in [5.41, 5.74) is -2.90. The molecule has 16 heavy (non-hydrogen) atoms. The first-order valence-electron chi connectivity index (χ1n) is 4.66. The largest absolute Gasteiger partial charge is 0.481 e. The van der Waals surface area contributed by atoms with Gasteiger partial charge >= 0.3 is 17.9 Å². The van der Waals surface area contributed by atoms with E-state index in [1.54, 1.807) is 0 Å². The molecule has 0 aliphatic heterocycles. The molecule has 2 N–H and O–H groups in total. The fourth-order valence-corrected chi connectivity index (χ4v) is 0.575. The number of ether oxygens (including phenoxy) is 1. The van der Waals surface area contributed by atoms with Crippen LogP contribution in [0, 0.1) is 10.8 Å². The molecule has 0 unspecified atom stereocenters. The van der Waals surface area contributed by atoms with E-state index in [4.69, 9.17) is 14.9 Å². The number of esters is 1. The molecular formula is C10H16O6. The maximum atomic E-state index is 11.4. The van der Waals surface area contributed by atoms with Gasteiger partial charge in [0.25, 0.3) is 0 Å². The Kier molecular flexibility index (Phi) is 4.06. The van der Waals surface area contributed by atoms with Crippen molar-refractivity contribution in [3.63, 3.8) is 0 Å². The Labute approximate surface area is 93.2 Å². The van der Waals surface area contributed by atoms with Crippen molar-refractivity contribution in [3.05, 3.63) is 0 Å². The van der Waals surface area contributed by atoms with Gasteiger partial charge in [-0.3, -0.25) is 14.4 Å². The second-order valence-electron chi connectivity index (χ2n) is 4.70. The smallest absolute Gasteiger partial charge is 0.322 e. The first kappa shape index (κ1) is 14.4. The van der Waals surface area contributed by atoms with E-state index in [1.807, 2.05) is 0 Å². The van der Waals surface area contributed by atoms with E-state index in [2.05, 4.69) is 0 Å². The number of rotatable bonds is 5. The molecule has 0 aromatic carbocycles. The number of hydrogen-bond donors (Lipinski definition) is 2. The third-order valence-electron chi connectivity index (χ3n) is 2.19. The van der Waals surface area contributed by atoms with Crippen LogP contribution in [-0.2, 0) is 19.1 Å². The maximum Gasteiger partial charge on any atom is 0.322 e. The third kappa shape index (κ3) is 3.22. The van der Waals surface area contributed by atoms with E-state index >= 15 is 0 Å². The van der Waals surface area contributed by atoms with Gasteiger partial charge in [-0.15, -0.1) is 0 Å². The molecule has 0 radical (unpaired) electrons. The fourth-order valence-electron chi connectivity index (χ4n) is 0.575. The van der Waals surface area contributed by atoms with Crippen molar-refractivity contribution in [1.82, 2.24) is 0 Å². The Hall–Kier alpha value is -1.59. The molecule has 0 heterocycles. The van der Waals surface area contributed by atoms with E-state index in [1.165, 1.54) is 27.7 Å². The minimum Gasteiger partial charge on any atom is -0.481 e. The van der Waals surface area contributed by atoms with Gasteiger partial charge in [0.1, 0.15) is 6.61 Å². The van der Waals surface area contributed by atoms with Gasteiger partial charge in [0.05, 0.1) is 5.41 Å². The Morgan fingerprint density at radius 3 is 1.75 bits per heavy atom. The molecule has 0 saturated carbocycles. The molecule has 0 rings (SSSR count). The summed E-state index contributed by atoms with van der Waals surface area (Å²) in [5, 5.41) is 17.5. The molecule has 0 amide bonds. The van der Waals surface area contributed by atoms with Crippen LogP contribution in [-0.4, -0.2) is 34.7 Å². The molecule has 0 saturated heterocycles. The lowest BCUT2D eigenvalue weighted by Gasteiger charge is -2.22. The number of carboxylic acids is 2. The number of carbonyl (C=O) groups is 3. The highest BCUT2D eigenvalue weighted by molar-refractivity contribution is 5.98. The standard InChI is InChI=1S/C10H16O6/c1-9(2,6(11)12)5-16-8(15)10(3,4)7(13)14/h5H2,1-4H3,(H,11,12)(H,13,14). The summed E-state index contributed by atoms with van der Waals surface area (Å²) in [6.07, 6.45) is 0. The molecule has 0 aromatic rings. The van der Waals surface area contributed by atoms with Gasteiger partial charge in [0.2, 0.25) is 0 Å². The molecule has 0 aliphatic rings. The summed E-state index contributed by atoms with van der Waals surface area (Å²) in [6.45, 7) is 4.81. The molecule has 0 aliphatic carbocycles. The van der Waals surface area contributed by atoms with Crippen molar-refractivity contribution in [2.45, 2.75) is 27.7 Å². The van der Waals surface area contributed by atoms with Crippen LogP contribution in [0.5, 0.6) is 0 Å². The van der Waals surface area contributed by atoms with Crippen molar-refractivity contribution in [3.8, 4) is 0 Å². The van der Waals surface area contributed by atoms with E-state index in [0.29, 0.717) is 0 Å². The zero-order chi connectivity index (χ0) is 13.1. The predicted molar refractivity (Wildman–Crippen MR) is 53.8 cm³/mol. The molecule has 0 atom stereocenters. The monoisotopic (exact) mass is 232 g/mol. The minimum atomic E-state index is -1.67. The van der Waals surface area contributed by atoms with Crippen molar-refractivity contribution < 1.29 is 29.3 Å². The van der Waals surface area contributed by atoms with Crippen molar-refractivity contribution >= 4 is 17.9 Å². The Morgan fingerprint density at radius 1 is 1.00 bits per heavy atom. The van der Waals surface area contributed by atoms with Gasteiger partial charge in [-0.2, -0.15) is 0 Å². The Morgan fingerprint density at radius 2 is 1.44 bits per heavy atom. The quantitative estimate of drug-likeness (QED) is 0.535. The van der Waals surface area contributed by atoms with Crippen LogP contribution < -0.4 is 0 Å². The lowest BCUT2D eigenvalue weighted by Crippen LogP contribution is -2.38. The van der Waals surface area contributed by atoms with Crippen LogP contribution in [0.25, 0.3) is 0 Å². The van der Waals surface area contributed by atoms with Crippen LogP contribution in [0.3, 0.4) is 0 Å². The highest BCUT2D eigenvalue weighted by Crippen LogP contribution is 2.21. The summed E-state index contributed by atoms with van der Waals surface area (Å²) >= 11 is 0. The van der Waals surface area contributed by atoms with Gasteiger partial charge < -0.3 is 14.9 Å². The molecular weight excluding hydrogens is 216 g/mol. The maximum absolute atomic E-state index is 11.4. The van der Waals surface area contributed by atoms with E-state index in [9.17, 15) is 14.4 Å². The highest BCUT2D eigenvalue weighted by atomic mass is 16.5. The zero-order valence-electron chi connectivity index (χ0n) is 9.73. The van der Waals surface area contributed by atoms with Gasteiger partial charge in [-0.1, -0.05) is 0 Å². The summed E-state index contributed by atoms with van der Waals surface area (Å²) < 4.78 is 4.69. The zero-order valence-corrected chi connectivity index (χ0v) is 9.73. The first-order chi connectivity index (χ1) is 7.01. The van der Waals surface area contributed by atoms with Crippen molar-refractivity contribution in [2.75, 3.05) is 6.61 Å². The predicted octanol–water partition coefficient (Wildman–Crippen LogP) is 0.751. The summed E-state index contributed by atoms with van der Waals surface area (Å²) in [5.74, 6) is -3.38. The Balaban J connectivity index is 4.51. The molecule has 6 heteroatoms. The first-order valence-corrected chi connectivity index (χ1v) is 4.66. The number of aliphatic carboxylic acids is 2. The number of carbonyl (C=O) groups excluding carboxylic acids is 1. The second kappa shape index (κ2) is 4.51. The lowest BCUT2D eigenvalue weighted by molar-refractivity contribution is -0.170. The average molecular weight is 232 g/mol. The lowest BCUT2D eigenvalue weighted by atomic mass is 9.93. The number of carboxylic acid groups (broad SMARTS) is 2. The van der Waals surface area contributed by atoms with E-state index in [0.717, 1.165) is 0 Å². The second-order valence-corrected chi connectivity index (χ2v) is 4.70. The SMILES string of the molecule is CC(C)(COC(=O)C(C)(C)C(=O)O)C(=O)O. The minimum absolute atomic E-state index is 0.363. The van der Waals surface area contributed by atoms with Crippen molar-refractivity contribution in [1.29, 1.82) is 0 Å². The normalized spacial score (nSPS) is 12.0. The summed E-state index contributed by atoms with van der Waals surface area (Å²) in [4.78, 5) is 32.8. The fraction of sp³-hybridized carbons (Fsp3) is 0.700. The summed E-state index contributed by atoms with van der Waals surface area (Å²) in [7, 11) is 0. The molecule has 0 fully saturated rings. The van der Waals surface area contributed by atoms with Crippen LogP contribution in [0.1, 0.15) is 27.7 Å². The average Bonchev–Trinajstić information content (AvgIpc) is 2.13. The molecule has 0 spiro atoms. The molecule has 0 aromatic heterocycles. The summed E-state index contributed by atoms with van der Waals surface area (Å²) in [6, 6.07) is 0. The molecule has 92 valence electrons. The molecule has 6 nitrogen and oxygen atoms in total. The van der Waals surface area contributed by atoms with Gasteiger partial charge in [-0.25, -0.2) is 0 Å². The van der Waals surface area contributed by atoms with E-state index < -0.39 is 28.7 Å². The third-order valence-corrected chi connectivity index (χ3v) is 2.19. The van der Waals surface area contributed by atoms with Crippen LogP contribution in [0.15, 0.2) is 0 Å². The van der Waals surface area contributed by atoms with E-state index in [-0.39, 0.29) is 6.61 Å². The van der Waals surface area contributed by atoms with Gasteiger partial charge in [0.15, 0.2) is 5.41 Å². The van der Waals surface area contributed by atoms with Crippen molar-refractivity contribution in [2.24, 2.45) is 10.8 Å². The van der Waals surface area contributed by atoms with Crippen LogP contribution in [0.2, 0.25) is 0 Å². The highest BCUT2D eigenvalue weighted by Gasteiger charge is 2.39. The molecule has 0 bridgehead atoms. The Bertz CT molecular complexity index is 315. The van der Waals surface area contributed by atoms with Gasteiger partial charge in [-0.05, 0) is 27.7 Å². The van der Waals surface area contributed by atoms with Gasteiger partial charge in [0, 0.05) is 0 Å². The number of hydrogen-bond acceptors (Lipinski definition) is 4. The van der Waals surface area contributed by atoms with Crippen LogP contribution in [0.4, 0.5) is 0 Å². The van der Waals surface area contributed by atoms with Crippen LogP contribution >= 0.6 is 0 Å². The topological polar surface area (TPSA) is 101 Å².